The number of likely N-dealkylation sites (N-methyl/N-ethyl adjacent to an activating group) is 1. The number of likely N-dealkylation sites (tertiary alicyclic amines) is 1. The monoisotopic (exact) mass is 511 g/mol. The molecule has 0 aromatic heterocycles. The Balaban J connectivity index is 0.000000533. The molecule has 174 valence electrons. The van der Waals surface area contributed by atoms with Gasteiger partial charge in [-0.15, -0.1) is 0 Å². The summed E-state index contributed by atoms with van der Waals surface area (Å²) in [5, 5.41) is 0. The van der Waals surface area contributed by atoms with Crippen LogP contribution in [0.1, 0.15) is 31.4 Å². The van der Waals surface area contributed by atoms with E-state index in [1.807, 2.05) is 12.1 Å². The van der Waals surface area contributed by atoms with Crippen LogP contribution in [0.5, 0.6) is 11.5 Å². The van der Waals surface area contributed by atoms with E-state index < -0.39 is 13.9 Å². The van der Waals surface area contributed by atoms with Crippen LogP contribution >= 0.6 is 7.82 Å². The van der Waals surface area contributed by atoms with Gasteiger partial charge in [-0.25, -0.2) is 0 Å². The number of ether oxygens (including phenoxy) is 3. The fraction of sp³-hybridized carbons (Fsp3) is 0.524. The van der Waals surface area contributed by atoms with Crippen LogP contribution in [-0.2, 0) is 30.7 Å². The van der Waals surface area contributed by atoms with Gasteiger partial charge in [-0.1, -0.05) is 12.1 Å². The number of esters is 2. The standard InChI is InChI=1S/C21H23NO5.2Na.H3O4P/c1-11(23)25-16-6-4-13-10-15-14-5-7-17(26-12(2)24)20-21(14,8-9-22(15)3)18(13)19(16)27-20;;;1-5(2,3)4/h4-7,14-15,17,20H,8-10H2,1-3H3;;;(H3,1,2,3,4)/q;2*+1;/p-2/t14-,15+,17-,20-,21-;;;/m0.../s1. The summed E-state index contributed by atoms with van der Waals surface area (Å²) < 4.78 is 26.2. The van der Waals surface area contributed by atoms with Crippen molar-refractivity contribution in [3.8, 4) is 11.5 Å². The minimum atomic E-state index is -5.14. The largest absolute Gasteiger partial charge is 1.00 e. The number of benzene rings is 1. The molecular weight excluding hydrogens is 487 g/mol. The minimum absolute atomic E-state index is 0. The van der Waals surface area contributed by atoms with E-state index in [4.69, 9.17) is 33.5 Å². The number of rotatable bonds is 2. The van der Waals surface area contributed by atoms with Gasteiger partial charge in [0, 0.05) is 36.8 Å². The van der Waals surface area contributed by atoms with E-state index in [9.17, 15) is 9.59 Å². The molecule has 1 N–H and O–H groups in total. The summed E-state index contributed by atoms with van der Waals surface area (Å²) in [5.41, 5.74) is 2.15. The summed E-state index contributed by atoms with van der Waals surface area (Å²) in [6.45, 7) is 3.77. The molecule has 34 heavy (non-hydrogen) atoms. The Morgan fingerprint density at radius 3 is 2.44 bits per heavy atom. The zero-order valence-corrected chi connectivity index (χ0v) is 24.7. The van der Waals surface area contributed by atoms with Gasteiger partial charge in [-0.05, 0) is 44.1 Å². The second-order valence-electron chi connectivity index (χ2n) is 8.55. The zero-order chi connectivity index (χ0) is 23.4. The number of piperidine rings is 1. The topological polar surface area (TPSA) is 148 Å². The van der Waals surface area contributed by atoms with Crippen molar-refractivity contribution in [1.29, 1.82) is 0 Å². The van der Waals surface area contributed by atoms with Gasteiger partial charge in [-0.2, -0.15) is 0 Å². The SMILES string of the molecule is CC(=O)Oc1ccc2c3c1O[C@H]1[C@@H](OC(C)=O)C=C[C@H]4[C@@H](C2)N(C)CC[C@@]341.O=P([O-])([O-])O.[Na+].[Na+]. The van der Waals surface area contributed by atoms with Crippen LogP contribution in [0.3, 0.4) is 0 Å². The second kappa shape index (κ2) is 11.0. The molecule has 1 fully saturated rings. The summed E-state index contributed by atoms with van der Waals surface area (Å²) >= 11 is 0. The van der Waals surface area contributed by atoms with E-state index >= 15 is 0 Å². The molecule has 0 saturated carbocycles. The number of carbonyl (C=O) groups excluding carboxylic acids is 2. The fourth-order valence-corrected chi connectivity index (χ4v) is 5.74. The number of phosphoric acid groups is 1. The smallest absolute Gasteiger partial charge is 0.790 e. The Labute approximate surface area is 241 Å². The molecule has 0 radical (unpaired) electrons. The Morgan fingerprint density at radius 1 is 1.21 bits per heavy atom. The van der Waals surface area contributed by atoms with Crippen molar-refractivity contribution >= 4 is 19.8 Å². The maximum absolute atomic E-state index is 11.7. The van der Waals surface area contributed by atoms with Gasteiger partial charge >= 0.3 is 71.1 Å². The molecule has 1 saturated heterocycles. The number of hydrogen-bond donors (Lipinski definition) is 1. The zero-order valence-electron chi connectivity index (χ0n) is 19.8. The van der Waals surface area contributed by atoms with Crippen LogP contribution in [-0.4, -0.2) is 53.6 Å². The van der Waals surface area contributed by atoms with Crippen molar-refractivity contribution in [2.24, 2.45) is 5.92 Å². The average Bonchev–Trinajstić information content (AvgIpc) is 3.00. The van der Waals surface area contributed by atoms with Crippen LogP contribution in [0.25, 0.3) is 0 Å². The first-order chi connectivity index (χ1) is 14.9. The Kier molecular flexibility index (Phi) is 9.73. The number of hydrogen-bond acceptors (Lipinski definition) is 9. The summed E-state index contributed by atoms with van der Waals surface area (Å²) in [6.07, 6.45) is 5.31. The molecule has 5 rings (SSSR count). The van der Waals surface area contributed by atoms with Crippen LogP contribution in [0.2, 0.25) is 0 Å². The van der Waals surface area contributed by atoms with E-state index in [1.165, 1.54) is 19.4 Å². The Morgan fingerprint density at radius 2 is 1.85 bits per heavy atom. The fourth-order valence-electron chi connectivity index (χ4n) is 5.74. The molecule has 1 spiro atoms. The van der Waals surface area contributed by atoms with E-state index in [-0.39, 0.29) is 88.5 Å². The van der Waals surface area contributed by atoms with Crippen molar-refractivity contribution < 1.29 is 102 Å². The van der Waals surface area contributed by atoms with E-state index in [0.29, 0.717) is 17.5 Å². The molecule has 0 unspecified atom stereocenters. The molecule has 2 aliphatic carbocycles. The van der Waals surface area contributed by atoms with E-state index in [0.717, 1.165) is 24.9 Å². The molecule has 1 aromatic rings. The number of nitrogens with zero attached hydrogens (tertiary/aromatic N) is 1. The predicted octanol–water partition coefficient (Wildman–Crippen LogP) is -6.20. The maximum Gasteiger partial charge on any atom is 1.00 e. The van der Waals surface area contributed by atoms with Crippen molar-refractivity contribution in [2.75, 3.05) is 13.6 Å². The molecule has 2 heterocycles. The molecule has 1 aromatic carbocycles. The normalized spacial score (nSPS) is 29.7. The third-order valence-electron chi connectivity index (χ3n) is 6.67. The molecule has 10 nitrogen and oxygen atoms in total. The van der Waals surface area contributed by atoms with E-state index in [2.05, 4.69) is 24.1 Å². The van der Waals surface area contributed by atoms with Crippen molar-refractivity contribution in [1.82, 2.24) is 4.90 Å². The van der Waals surface area contributed by atoms with Gasteiger partial charge < -0.3 is 38.4 Å². The molecule has 5 atom stereocenters. The summed E-state index contributed by atoms with van der Waals surface area (Å²) in [7, 11) is -2.96. The average molecular weight is 511 g/mol. The van der Waals surface area contributed by atoms with Crippen LogP contribution in [0.4, 0.5) is 0 Å². The van der Waals surface area contributed by atoms with Gasteiger partial charge in [0.2, 0.25) is 0 Å². The van der Waals surface area contributed by atoms with Crippen LogP contribution in [0.15, 0.2) is 24.3 Å². The van der Waals surface area contributed by atoms with Gasteiger partial charge in [0.15, 0.2) is 17.6 Å². The third-order valence-corrected chi connectivity index (χ3v) is 6.67. The summed E-state index contributed by atoms with van der Waals surface area (Å²) in [4.78, 5) is 50.0. The first-order valence-electron chi connectivity index (χ1n) is 10.2. The molecule has 0 amide bonds. The van der Waals surface area contributed by atoms with Crippen LogP contribution < -0.4 is 78.4 Å². The van der Waals surface area contributed by atoms with Gasteiger partial charge in [-0.3, -0.25) is 9.59 Å². The first kappa shape index (κ1) is 30.0. The van der Waals surface area contributed by atoms with Crippen molar-refractivity contribution in [2.45, 2.75) is 50.4 Å². The maximum atomic E-state index is 11.7. The van der Waals surface area contributed by atoms with Crippen molar-refractivity contribution in [3.63, 3.8) is 0 Å². The third kappa shape index (κ3) is 5.53. The second-order valence-corrected chi connectivity index (χ2v) is 9.49. The first-order valence-corrected chi connectivity index (χ1v) is 11.7. The molecule has 2 bridgehead atoms. The molecular formula is C21H24NNa2O9P. The molecule has 13 heteroatoms. The Hall–Kier alpha value is -0.230. The Bertz CT molecular complexity index is 1040. The number of carbonyl (C=O) groups is 2. The predicted molar refractivity (Wildman–Crippen MR) is 107 cm³/mol. The van der Waals surface area contributed by atoms with Gasteiger partial charge in [0.25, 0.3) is 0 Å². The molecule has 4 aliphatic rings. The quantitative estimate of drug-likeness (QED) is 0.134. The van der Waals surface area contributed by atoms with Crippen molar-refractivity contribution in [3.05, 3.63) is 35.4 Å². The summed E-state index contributed by atoms with van der Waals surface area (Å²) in [5.74, 6) is 0.712. The van der Waals surface area contributed by atoms with Gasteiger partial charge in [0.05, 0.1) is 7.82 Å². The summed E-state index contributed by atoms with van der Waals surface area (Å²) in [6, 6.07) is 4.28. The van der Waals surface area contributed by atoms with Gasteiger partial charge in [0.1, 0.15) is 6.10 Å². The minimum Gasteiger partial charge on any atom is -0.790 e. The molecule has 2 aliphatic heterocycles. The van der Waals surface area contributed by atoms with Crippen LogP contribution in [0, 0.1) is 5.92 Å². The van der Waals surface area contributed by atoms with E-state index in [1.54, 1.807) is 0 Å².